The molecule has 1 amide bonds. The van der Waals surface area contributed by atoms with Gasteiger partial charge in [0.15, 0.2) is 0 Å². The number of rotatable bonds is 6. The Balaban J connectivity index is 1.94. The molecule has 1 saturated heterocycles. The van der Waals surface area contributed by atoms with Gasteiger partial charge in [-0.1, -0.05) is 19.9 Å². The number of hydrogen-bond acceptors (Lipinski definition) is 4. The van der Waals surface area contributed by atoms with Gasteiger partial charge in [-0.05, 0) is 17.4 Å². The fourth-order valence-electron chi connectivity index (χ4n) is 2.43. The van der Waals surface area contributed by atoms with E-state index in [9.17, 15) is 4.79 Å². The van der Waals surface area contributed by atoms with Crippen molar-refractivity contribution < 1.29 is 9.53 Å². The van der Waals surface area contributed by atoms with Gasteiger partial charge in [0.1, 0.15) is 0 Å². The Labute approximate surface area is 125 Å². The molecule has 2 rings (SSSR count). The van der Waals surface area contributed by atoms with Crippen molar-refractivity contribution in [3.8, 4) is 0 Å². The molecule has 1 aliphatic heterocycles. The lowest BCUT2D eigenvalue weighted by atomic mass is 10.1. The highest BCUT2D eigenvalue weighted by Crippen LogP contribution is 2.25. The SMILES string of the molecule is CC(C)CC(=O)NC[C@H](c1cccs1)N1CCOCC1. The topological polar surface area (TPSA) is 41.6 Å². The van der Waals surface area contributed by atoms with E-state index < -0.39 is 0 Å². The minimum Gasteiger partial charge on any atom is -0.379 e. The lowest BCUT2D eigenvalue weighted by molar-refractivity contribution is -0.122. The Morgan fingerprint density at radius 2 is 2.20 bits per heavy atom. The minimum atomic E-state index is 0.148. The van der Waals surface area contributed by atoms with Gasteiger partial charge in [0.05, 0.1) is 19.3 Å². The first-order chi connectivity index (χ1) is 9.66. The molecular formula is C15H24N2O2S. The van der Waals surface area contributed by atoms with Gasteiger partial charge in [-0.2, -0.15) is 0 Å². The second-order valence-corrected chi connectivity index (χ2v) is 6.56. The zero-order valence-corrected chi connectivity index (χ0v) is 13.1. The van der Waals surface area contributed by atoms with Crippen LogP contribution < -0.4 is 5.32 Å². The molecule has 112 valence electrons. The molecule has 0 radical (unpaired) electrons. The van der Waals surface area contributed by atoms with Crippen molar-refractivity contribution >= 4 is 17.2 Å². The summed E-state index contributed by atoms with van der Waals surface area (Å²) in [4.78, 5) is 15.6. The Morgan fingerprint density at radius 3 is 2.80 bits per heavy atom. The zero-order chi connectivity index (χ0) is 14.4. The molecule has 0 aromatic carbocycles. The summed E-state index contributed by atoms with van der Waals surface area (Å²) in [6, 6.07) is 4.50. The van der Waals surface area contributed by atoms with E-state index in [1.165, 1.54) is 4.88 Å². The minimum absolute atomic E-state index is 0.148. The van der Waals surface area contributed by atoms with E-state index in [1.807, 2.05) is 0 Å². The van der Waals surface area contributed by atoms with Crippen molar-refractivity contribution in [2.45, 2.75) is 26.3 Å². The number of thiophene rings is 1. The Morgan fingerprint density at radius 1 is 1.45 bits per heavy atom. The van der Waals surface area contributed by atoms with E-state index in [4.69, 9.17) is 4.74 Å². The van der Waals surface area contributed by atoms with Crippen molar-refractivity contribution in [2.75, 3.05) is 32.8 Å². The lowest BCUT2D eigenvalue weighted by Gasteiger charge is -2.34. The molecule has 1 aromatic rings. The summed E-state index contributed by atoms with van der Waals surface area (Å²) in [5.74, 6) is 0.549. The van der Waals surface area contributed by atoms with Gasteiger partial charge >= 0.3 is 0 Å². The summed E-state index contributed by atoms with van der Waals surface area (Å²) in [5, 5.41) is 5.18. The maximum Gasteiger partial charge on any atom is 0.220 e. The monoisotopic (exact) mass is 296 g/mol. The fourth-order valence-corrected chi connectivity index (χ4v) is 3.29. The highest BCUT2D eigenvalue weighted by Gasteiger charge is 2.23. The predicted octanol–water partition coefficient (Wildman–Crippen LogP) is 2.28. The lowest BCUT2D eigenvalue weighted by Crippen LogP contribution is -2.43. The van der Waals surface area contributed by atoms with Crippen LogP contribution in [0.25, 0.3) is 0 Å². The summed E-state index contributed by atoms with van der Waals surface area (Å²) < 4.78 is 5.42. The van der Waals surface area contributed by atoms with Crippen molar-refractivity contribution in [2.24, 2.45) is 5.92 Å². The van der Waals surface area contributed by atoms with Crippen LogP contribution in [-0.4, -0.2) is 43.7 Å². The van der Waals surface area contributed by atoms with E-state index >= 15 is 0 Å². The highest BCUT2D eigenvalue weighted by atomic mass is 32.1. The summed E-state index contributed by atoms with van der Waals surface area (Å²) in [5.41, 5.74) is 0. The number of amides is 1. The molecular weight excluding hydrogens is 272 g/mol. The van der Waals surface area contributed by atoms with Crippen LogP contribution in [0.3, 0.4) is 0 Å². The second-order valence-electron chi connectivity index (χ2n) is 5.58. The van der Waals surface area contributed by atoms with Crippen molar-refractivity contribution in [3.63, 3.8) is 0 Å². The Hall–Kier alpha value is -0.910. The number of nitrogens with zero attached hydrogens (tertiary/aromatic N) is 1. The normalized spacial score (nSPS) is 18.1. The van der Waals surface area contributed by atoms with Crippen molar-refractivity contribution in [1.82, 2.24) is 10.2 Å². The average Bonchev–Trinajstić information content (AvgIpc) is 2.93. The average molecular weight is 296 g/mol. The van der Waals surface area contributed by atoms with Crippen LogP contribution in [0.2, 0.25) is 0 Å². The summed E-state index contributed by atoms with van der Waals surface area (Å²) in [6.45, 7) is 8.25. The first kappa shape index (κ1) is 15.5. The molecule has 2 heterocycles. The van der Waals surface area contributed by atoms with Crippen LogP contribution in [0.4, 0.5) is 0 Å². The summed E-state index contributed by atoms with van der Waals surface area (Å²) >= 11 is 1.76. The third-order valence-corrected chi connectivity index (χ3v) is 4.42. The van der Waals surface area contributed by atoms with E-state index in [-0.39, 0.29) is 11.9 Å². The molecule has 1 atom stereocenters. The first-order valence-corrected chi connectivity index (χ1v) is 8.16. The van der Waals surface area contributed by atoms with Crippen LogP contribution in [0, 0.1) is 5.92 Å². The predicted molar refractivity (Wildman–Crippen MR) is 81.9 cm³/mol. The second kappa shape index (κ2) is 7.76. The van der Waals surface area contributed by atoms with Gasteiger partial charge in [-0.15, -0.1) is 11.3 Å². The standard InChI is InChI=1S/C15H24N2O2S/c1-12(2)10-15(18)16-11-13(14-4-3-9-20-14)17-5-7-19-8-6-17/h3-4,9,12-13H,5-8,10-11H2,1-2H3,(H,16,18)/t13-/m1/s1. The van der Waals surface area contributed by atoms with Gasteiger partial charge in [-0.3, -0.25) is 9.69 Å². The molecule has 1 aliphatic rings. The van der Waals surface area contributed by atoms with Gasteiger partial charge in [0.25, 0.3) is 0 Å². The van der Waals surface area contributed by atoms with Crippen LogP contribution in [-0.2, 0) is 9.53 Å². The van der Waals surface area contributed by atoms with Gasteiger partial charge in [0.2, 0.25) is 5.91 Å². The number of hydrogen-bond donors (Lipinski definition) is 1. The van der Waals surface area contributed by atoms with E-state index in [1.54, 1.807) is 11.3 Å². The molecule has 1 N–H and O–H groups in total. The first-order valence-electron chi connectivity index (χ1n) is 7.28. The Bertz CT molecular complexity index is 400. The fraction of sp³-hybridized carbons (Fsp3) is 0.667. The van der Waals surface area contributed by atoms with Crippen LogP contribution >= 0.6 is 11.3 Å². The van der Waals surface area contributed by atoms with Gasteiger partial charge in [0, 0.05) is 30.9 Å². The summed E-state index contributed by atoms with van der Waals surface area (Å²) in [6.07, 6.45) is 0.597. The smallest absolute Gasteiger partial charge is 0.220 e. The number of morpholine rings is 1. The number of ether oxygens (including phenoxy) is 1. The largest absolute Gasteiger partial charge is 0.379 e. The van der Waals surface area contributed by atoms with Crippen LogP contribution in [0.15, 0.2) is 17.5 Å². The third kappa shape index (κ3) is 4.58. The molecule has 0 spiro atoms. The summed E-state index contributed by atoms with van der Waals surface area (Å²) in [7, 11) is 0. The number of carbonyl (C=O) groups is 1. The molecule has 0 bridgehead atoms. The third-order valence-electron chi connectivity index (χ3n) is 3.44. The highest BCUT2D eigenvalue weighted by molar-refractivity contribution is 7.10. The number of nitrogens with one attached hydrogen (secondary N) is 1. The molecule has 0 saturated carbocycles. The molecule has 1 fully saturated rings. The number of carbonyl (C=O) groups excluding carboxylic acids is 1. The van der Waals surface area contributed by atoms with Crippen LogP contribution in [0.5, 0.6) is 0 Å². The van der Waals surface area contributed by atoms with Gasteiger partial charge in [-0.25, -0.2) is 0 Å². The van der Waals surface area contributed by atoms with Crippen molar-refractivity contribution in [1.29, 1.82) is 0 Å². The molecule has 1 aromatic heterocycles. The van der Waals surface area contributed by atoms with Crippen molar-refractivity contribution in [3.05, 3.63) is 22.4 Å². The van der Waals surface area contributed by atoms with Crippen LogP contribution in [0.1, 0.15) is 31.2 Å². The maximum absolute atomic E-state index is 11.9. The molecule has 0 aliphatic carbocycles. The zero-order valence-electron chi connectivity index (χ0n) is 12.3. The molecule has 5 heteroatoms. The molecule has 20 heavy (non-hydrogen) atoms. The Kier molecular flexibility index (Phi) is 6.01. The van der Waals surface area contributed by atoms with E-state index in [0.29, 0.717) is 18.9 Å². The molecule has 0 unspecified atom stereocenters. The van der Waals surface area contributed by atoms with E-state index in [2.05, 4.69) is 41.6 Å². The van der Waals surface area contributed by atoms with E-state index in [0.717, 1.165) is 26.3 Å². The maximum atomic E-state index is 11.9. The molecule has 4 nitrogen and oxygen atoms in total. The van der Waals surface area contributed by atoms with Gasteiger partial charge < -0.3 is 10.1 Å². The quantitative estimate of drug-likeness (QED) is 0.875.